The van der Waals surface area contributed by atoms with E-state index in [1.54, 1.807) is 23.9 Å². The van der Waals surface area contributed by atoms with Crippen LogP contribution in [0.1, 0.15) is 89.2 Å². The number of hydrogen-bond donors (Lipinski definition) is 2. The minimum Gasteiger partial charge on any atom is -0.496 e. The van der Waals surface area contributed by atoms with E-state index in [-0.39, 0.29) is 30.1 Å². The summed E-state index contributed by atoms with van der Waals surface area (Å²) in [4.78, 5) is 40.0. The zero-order chi connectivity index (χ0) is 33.6. The van der Waals surface area contributed by atoms with Crippen molar-refractivity contribution in [2.24, 2.45) is 0 Å². The van der Waals surface area contributed by atoms with Gasteiger partial charge in [0.05, 0.1) is 25.2 Å². The van der Waals surface area contributed by atoms with Gasteiger partial charge in [0.1, 0.15) is 23.6 Å². The summed E-state index contributed by atoms with van der Waals surface area (Å²) in [5.74, 6) is 0.972. The number of likely N-dealkylation sites (N-methyl/N-ethyl adjacent to an activating group) is 1. The molecule has 0 saturated carbocycles. The number of unbranched alkanes of at least 4 members (excludes halogenated alkanes) is 6. The molecule has 1 aliphatic rings. The first-order valence-electron chi connectivity index (χ1n) is 17.5. The number of benzene rings is 1. The second-order valence-corrected chi connectivity index (χ2v) is 12.8. The molecule has 1 atom stereocenters. The van der Waals surface area contributed by atoms with Crippen LogP contribution in [0, 0.1) is 0 Å². The van der Waals surface area contributed by atoms with Crippen molar-refractivity contribution in [3.8, 4) is 5.75 Å². The van der Waals surface area contributed by atoms with Gasteiger partial charge in [-0.05, 0) is 37.6 Å². The molecule has 4 rings (SSSR count). The first-order valence-corrected chi connectivity index (χ1v) is 17.5. The predicted octanol–water partition coefficient (Wildman–Crippen LogP) is 5.44. The molecule has 1 aromatic carbocycles. The molecule has 11 nitrogen and oxygen atoms in total. The lowest BCUT2D eigenvalue weighted by molar-refractivity contribution is -0.144. The van der Waals surface area contributed by atoms with Gasteiger partial charge in [0, 0.05) is 50.9 Å². The number of aromatic nitrogens is 3. The first kappa shape index (κ1) is 36.1. The Morgan fingerprint density at radius 1 is 0.979 bits per heavy atom. The molecule has 2 aromatic heterocycles. The summed E-state index contributed by atoms with van der Waals surface area (Å²) in [7, 11) is 3.82. The third kappa shape index (κ3) is 10.9. The number of rotatable bonds is 19. The second kappa shape index (κ2) is 18.6. The van der Waals surface area contributed by atoms with Gasteiger partial charge in [-0.1, -0.05) is 70.9 Å². The molecule has 3 aromatic rings. The topological polar surface area (TPSA) is 128 Å². The average Bonchev–Trinajstić information content (AvgIpc) is 3.06. The van der Waals surface area contributed by atoms with Crippen LogP contribution >= 0.6 is 0 Å². The number of esters is 1. The molecule has 0 amide bonds. The highest BCUT2D eigenvalue weighted by Gasteiger charge is 2.19. The molecule has 0 radical (unpaired) electrons. The molecule has 0 spiro atoms. The van der Waals surface area contributed by atoms with E-state index in [0.717, 1.165) is 76.1 Å². The van der Waals surface area contributed by atoms with Crippen LogP contribution in [0.4, 0.5) is 11.8 Å². The van der Waals surface area contributed by atoms with E-state index in [9.17, 15) is 9.59 Å². The van der Waals surface area contributed by atoms with E-state index in [1.165, 1.54) is 31.2 Å². The zero-order valence-corrected chi connectivity index (χ0v) is 28.9. The molecular weight excluding hydrogens is 594 g/mol. The third-order valence-electron chi connectivity index (χ3n) is 8.94. The molecule has 0 bridgehead atoms. The number of ether oxygens (including phenoxy) is 2. The standard InChI is InChI=1S/C36H55N7O4/c1-5-7-8-9-10-11-12-14-32(44)47-26-29(13-6-2)38-34-33-30(39-36(37)40-34)17-18-43(35(33)45)25-28-16-15-27(23-31(28)46-4)24-42-21-19-41(3)20-22-42/h15-18,23,29H,5-14,19-22,24-26H2,1-4H3,(H3,37,38,39,40)/t29-/m0/s1. The molecule has 47 heavy (non-hydrogen) atoms. The molecule has 0 unspecified atom stereocenters. The van der Waals surface area contributed by atoms with Crippen LogP contribution in [0.15, 0.2) is 35.3 Å². The summed E-state index contributed by atoms with van der Waals surface area (Å²) >= 11 is 0. The summed E-state index contributed by atoms with van der Waals surface area (Å²) in [6, 6.07) is 7.78. The highest BCUT2D eigenvalue weighted by atomic mass is 16.5. The summed E-state index contributed by atoms with van der Waals surface area (Å²) in [6.07, 6.45) is 11.8. The van der Waals surface area contributed by atoms with E-state index < -0.39 is 0 Å². The van der Waals surface area contributed by atoms with Gasteiger partial charge in [-0.2, -0.15) is 4.98 Å². The Bertz CT molecular complexity index is 1490. The number of nitrogens with zero attached hydrogens (tertiary/aromatic N) is 5. The Morgan fingerprint density at radius 3 is 2.45 bits per heavy atom. The molecular formula is C36H55N7O4. The monoisotopic (exact) mass is 649 g/mol. The van der Waals surface area contributed by atoms with Crippen molar-refractivity contribution in [1.82, 2.24) is 24.3 Å². The highest BCUT2D eigenvalue weighted by Crippen LogP contribution is 2.24. The summed E-state index contributed by atoms with van der Waals surface area (Å²) in [5.41, 5.74) is 8.37. The van der Waals surface area contributed by atoms with Crippen LogP contribution in [0.2, 0.25) is 0 Å². The highest BCUT2D eigenvalue weighted by molar-refractivity contribution is 5.89. The van der Waals surface area contributed by atoms with Gasteiger partial charge in [-0.15, -0.1) is 0 Å². The number of anilines is 2. The molecule has 0 aliphatic carbocycles. The average molecular weight is 650 g/mol. The Labute approximate surface area is 279 Å². The maximum Gasteiger partial charge on any atom is 0.305 e. The molecule has 11 heteroatoms. The summed E-state index contributed by atoms with van der Waals surface area (Å²) in [5, 5.41) is 3.71. The molecule has 1 fully saturated rings. The lowest BCUT2D eigenvalue weighted by atomic mass is 10.1. The van der Waals surface area contributed by atoms with Gasteiger partial charge in [-0.3, -0.25) is 14.5 Å². The molecule has 1 saturated heterocycles. The number of piperazine rings is 1. The van der Waals surface area contributed by atoms with E-state index in [2.05, 4.69) is 58.1 Å². The van der Waals surface area contributed by atoms with Gasteiger partial charge >= 0.3 is 5.97 Å². The van der Waals surface area contributed by atoms with Crippen LogP contribution in [0.5, 0.6) is 5.75 Å². The maximum atomic E-state index is 13.9. The SMILES string of the molecule is CCCCCCCCCC(=O)OC[C@H](CCC)Nc1nc(N)nc2ccn(Cc3ccc(CN4CCN(C)CC4)cc3OC)c(=O)c12. The maximum absolute atomic E-state index is 13.9. The summed E-state index contributed by atoms with van der Waals surface area (Å²) < 4.78 is 13.1. The van der Waals surface area contributed by atoms with Crippen molar-refractivity contribution >= 4 is 28.6 Å². The van der Waals surface area contributed by atoms with Crippen LogP contribution in [0.25, 0.3) is 10.9 Å². The molecule has 1 aliphatic heterocycles. The van der Waals surface area contributed by atoms with Gasteiger partial charge in [0.15, 0.2) is 0 Å². The fraction of sp³-hybridized carbons (Fsp3) is 0.611. The van der Waals surface area contributed by atoms with Crippen molar-refractivity contribution in [2.75, 3.05) is 58.0 Å². The smallest absolute Gasteiger partial charge is 0.305 e. The Hall–Kier alpha value is -3.70. The Balaban J connectivity index is 1.44. The second-order valence-electron chi connectivity index (χ2n) is 12.8. The number of pyridine rings is 1. The van der Waals surface area contributed by atoms with Crippen molar-refractivity contribution in [2.45, 2.75) is 97.2 Å². The Kier molecular flexibility index (Phi) is 14.3. The lowest BCUT2D eigenvalue weighted by Gasteiger charge is -2.32. The van der Waals surface area contributed by atoms with E-state index >= 15 is 0 Å². The number of nitrogens with one attached hydrogen (secondary N) is 1. The molecule has 3 N–H and O–H groups in total. The van der Waals surface area contributed by atoms with Crippen LogP contribution in [-0.4, -0.2) is 83.3 Å². The van der Waals surface area contributed by atoms with E-state index in [0.29, 0.717) is 29.7 Å². The first-order chi connectivity index (χ1) is 22.8. The minimum atomic E-state index is -0.236. The minimum absolute atomic E-state index is 0.0703. The van der Waals surface area contributed by atoms with Crippen molar-refractivity contribution in [1.29, 1.82) is 0 Å². The fourth-order valence-corrected chi connectivity index (χ4v) is 6.13. The van der Waals surface area contributed by atoms with E-state index in [4.69, 9.17) is 15.2 Å². The fourth-order valence-electron chi connectivity index (χ4n) is 6.13. The van der Waals surface area contributed by atoms with Crippen molar-refractivity contribution in [3.63, 3.8) is 0 Å². The normalized spacial score (nSPS) is 14.7. The molecule has 258 valence electrons. The number of hydrogen-bond acceptors (Lipinski definition) is 10. The van der Waals surface area contributed by atoms with E-state index in [1.807, 2.05) is 6.07 Å². The van der Waals surface area contributed by atoms with Crippen molar-refractivity contribution in [3.05, 3.63) is 51.9 Å². The largest absolute Gasteiger partial charge is 0.496 e. The van der Waals surface area contributed by atoms with Crippen LogP contribution in [-0.2, 0) is 22.6 Å². The van der Waals surface area contributed by atoms with Crippen molar-refractivity contribution < 1.29 is 14.3 Å². The van der Waals surface area contributed by atoms with Crippen LogP contribution in [0.3, 0.4) is 0 Å². The number of methoxy groups -OCH3 is 1. The van der Waals surface area contributed by atoms with Gasteiger partial charge < -0.3 is 30.0 Å². The zero-order valence-electron chi connectivity index (χ0n) is 28.9. The lowest BCUT2D eigenvalue weighted by Crippen LogP contribution is -2.43. The Morgan fingerprint density at radius 2 is 1.72 bits per heavy atom. The van der Waals surface area contributed by atoms with Crippen LogP contribution < -0.4 is 21.3 Å². The predicted molar refractivity (Wildman–Crippen MR) is 189 cm³/mol. The quantitative estimate of drug-likeness (QED) is 0.128. The summed E-state index contributed by atoms with van der Waals surface area (Å²) in [6.45, 7) is 9.86. The van der Waals surface area contributed by atoms with Gasteiger partial charge in [0.2, 0.25) is 5.95 Å². The molecule has 3 heterocycles. The number of nitrogen functional groups attached to an aromatic ring is 1. The third-order valence-corrected chi connectivity index (χ3v) is 8.94. The number of nitrogens with two attached hydrogens (primary N) is 1. The van der Waals surface area contributed by atoms with Gasteiger partial charge in [-0.25, -0.2) is 4.98 Å². The number of carbonyl (C=O) groups excluding carboxylic acids is 1. The van der Waals surface area contributed by atoms with Gasteiger partial charge in [0.25, 0.3) is 5.56 Å². The number of carbonyl (C=O) groups is 1. The number of fused-ring (bicyclic) bond motifs is 1.